The Bertz CT molecular complexity index is 758. The van der Waals surface area contributed by atoms with E-state index < -0.39 is 0 Å². The third-order valence-corrected chi connectivity index (χ3v) is 5.79. The Hall–Kier alpha value is -2.24. The molecule has 4 rings (SSSR count). The maximum Gasteiger partial charge on any atom is 0.255 e. The maximum absolute atomic E-state index is 12.7. The molecule has 2 saturated heterocycles. The molecule has 2 aliphatic heterocycles. The number of anilines is 1. The van der Waals surface area contributed by atoms with Crippen LogP contribution in [0.4, 0.5) is 5.69 Å². The van der Waals surface area contributed by atoms with E-state index in [1.165, 1.54) is 5.56 Å². The number of piperidine rings is 1. The highest BCUT2D eigenvalue weighted by atomic mass is 16.5. The summed E-state index contributed by atoms with van der Waals surface area (Å²) in [4.78, 5) is 21.2. The van der Waals surface area contributed by atoms with Crippen LogP contribution in [0.15, 0.2) is 54.9 Å². The first kappa shape index (κ1) is 18.1. The van der Waals surface area contributed by atoms with Crippen molar-refractivity contribution in [2.45, 2.75) is 37.9 Å². The van der Waals surface area contributed by atoms with Crippen molar-refractivity contribution in [3.8, 4) is 0 Å². The van der Waals surface area contributed by atoms with E-state index in [2.05, 4.69) is 22.0 Å². The molecule has 2 aliphatic rings. The highest BCUT2D eigenvalue weighted by Gasteiger charge is 2.45. The minimum absolute atomic E-state index is 0.0620. The molecule has 27 heavy (non-hydrogen) atoms. The lowest BCUT2D eigenvalue weighted by atomic mass is 9.88. The molecule has 5 heteroatoms. The van der Waals surface area contributed by atoms with Gasteiger partial charge in [-0.3, -0.25) is 9.78 Å². The summed E-state index contributed by atoms with van der Waals surface area (Å²) in [5, 5.41) is 0. The summed E-state index contributed by atoms with van der Waals surface area (Å²) in [6.45, 7) is 5.60. The summed E-state index contributed by atoms with van der Waals surface area (Å²) in [6.07, 6.45) is 6.29. The standard InChI is InChI=1S/C22H27N3O2/c1-18-21(26)25(20-5-3-2-4-6-20)17-22(27-18)10-15-24(16-11-22)14-9-19-7-12-23-13-8-19/h2-8,12-13,18H,9-11,14-17H2,1H3. The van der Waals surface area contributed by atoms with Crippen molar-refractivity contribution >= 4 is 11.6 Å². The van der Waals surface area contributed by atoms with E-state index in [1.807, 2.05) is 54.5 Å². The molecule has 3 heterocycles. The zero-order valence-corrected chi connectivity index (χ0v) is 15.9. The molecule has 1 atom stereocenters. The monoisotopic (exact) mass is 365 g/mol. The number of ether oxygens (including phenoxy) is 1. The molecule has 142 valence electrons. The van der Waals surface area contributed by atoms with E-state index in [1.54, 1.807) is 0 Å². The lowest BCUT2D eigenvalue weighted by Crippen LogP contribution is -2.61. The maximum atomic E-state index is 12.7. The Labute approximate surface area is 161 Å². The molecule has 2 fully saturated rings. The number of hydrogen-bond acceptors (Lipinski definition) is 4. The fourth-order valence-electron chi connectivity index (χ4n) is 4.17. The van der Waals surface area contributed by atoms with Gasteiger partial charge in [-0.2, -0.15) is 0 Å². The van der Waals surface area contributed by atoms with E-state index >= 15 is 0 Å². The van der Waals surface area contributed by atoms with Gasteiger partial charge in [-0.25, -0.2) is 0 Å². The van der Waals surface area contributed by atoms with Crippen molar-refractivity contribution < 1.29 is 9.53 Å². The molecular weight excluding hydrogens is 338 g/mol. The van der Waals surface area contributed by atoms with Gasteiger partial charge in [-0.05, 0) is 56.0 Å². The molecule has 0 aliphatic carbocycles. The molecule has 1 amide bonds. The van der Waals surface area contributed by atoms with Crippen LogP contribution in [0, 0.1) is 0 Å². The van der Waals surface area contributed by atoms with E-state index in [9.17, 15) is 4.79 Å². The van der Waals surface area contributed by atoms with Crippen LogP contribution < -0.4 is 4.90 Å². The number of pyridine rings is 1. The van der Waals surface area contributed by atoms with Crippen LogP contribution in [0.3, 0.4) is 0 Å². The number of likely N-dealkylation sites (tertiary alicyclic amines) is 1. The van der Waals surface area contributed by atoms with Gasteiger partial charge in [0.2, 0.25) is 0 Å². The fraction of sp³-hybridized carbons (Fsp3) is 0.455. The van der Waals surface area contributed by atoms with Crippen molar-refractivity contribution in [1.29, 1.82) is 0 Å². The van der Waals surface area contributed by atoms with Crippen LogP contribution in [0.1, 0.15) is 25.3 Å². The number of morpholine rings is 1. The van der Waals surface area contributed by atoms with Crippen molar-refractivity contribution in [3.05, 3.63) is 60.4 Å². The molecule has 2 aromatic rings. The van der Waals surface area contributed by atoms with Crippen molar-refractivity contribution in [2.75, 3.05) is 31.1 Å². The van der Waals surface area contributed by atoms with Crippen LogP contribution in [-0.4, -0.2) is 53.7 Å². The van der Waals surface area contributed by atoms with Crippen molar-refractivity contribution in [1.82, 2.24) is 9.88 Å². The highest BCUT2D eigenvalue weighted by Crippen LogP contribution is 2.34. The van der Waals surface area contributed by atoms with Gasteiger partial charge in [0.25, 0.3) is 5.91 Å². The van der Waals surface area contributed by atoms with Gasteiger partial charge in [-0.15, -0.1) is 0 Å². The van der Waals surface area contributed by atoms with Gasteiger partial charge in [-0.1, -0.05) is 18.2 Å². The second kappa shape index (κ2) is 7.79. The first-order chi connectivity index (χ1) is 13.2. The molecular formula is C22H27N3O2. The summed E-state index contributed by atoms with van der Waals surface area (Å²) >= 11 is 0. The zero-order valence-electron chi connectivity index (χ0n) is 15.9. The van der Waals surface area contributed by atoms with Gasteiger partial charge in [0, 0.05) is 37.7 Å². The Morgan fingerprint density at radius 2 is 1.81 bits per heavy atom. The number of para-hydroxylation sites is 1. The van der Waals surface area contributed by atoms with Crippen LogP contribution in [0.2, 0.25) is 0 Å². The number of hydrogen-bond donors (Lipinski definition) is 0. The molecule has 1 aromatic carbocycles. The first-order valence-corrected chi connectivity index (χ1v) is 9.81. The molecule has 1 spiro atoms. The summed E-state index contributed by atoms with van der Waals surface area (Å²) in [7, 11) is 0. The van der Waals surface area contributed by atoms with Gasteiger partial charge in [0.1, 0.15) is 6.10 Å². The molecule has 5 nitrogen and oxygen atoms in total. The Morgan fingerprint density at radius 1 is 1.11 bits per heavy atom. The number of nitrogens with zero attached hydrogens (tertiary/aromatic N) is 3. The normalized spacial score (nSPS) is 22.9. The predicted molar refractivity (Wildman–Crippen MR) is 106 cm³/mol. The van der Waals surface area contributed by atoms with Crippen LogP contribution >= 0.6 is 0 Å². The minimum Gasteiger partial charge on any atom is -0.360 e. The van der Waals surface area contributed by atoms with Gasteiger partial charge >= 0.3 is 0 Å². The predicted octanol–water partition coefficient (Wildman–Crippen LogP) is 2.91. The molecule has 1 aromatic heterocycles. The SMILES string of the molecule is CC1OC2(CCN(CCc3ccncc3)CC2)CN(c2ccccc2)C1=O. The lowest BCUT2D eigenvalue weighted by Gasteiger charge is -2.49. The van der Waals surface area contributed by atoms with E-state index in [-0.39, 0.29) is 17.6 Å². The average Bonchev–Trinajstić information content (AvgIpc) is 2.72. The molecule has 0 radical (unpaired) electrons. The summed E-state index contributed by atoms with van der Waals surface area (Å²) < 4.78 is 6.26. The minimum atomic E-state index is -0.387. The molecule has 0 saturated carbocycles. The summed E-state index contributed by atoms with van der Waals surface area (Å²) in [6, 6.07) is 14.1. The number of aromatic nitrogens is 1. The highest BCUT2D eigenvalue weighted by molar-refractivity contribution is 5.97. The largest absolute Gasteiger partial charge is 0.360 e. The van der Waals surface area contributed by atoms with Gasteiger partial charge in [0.05, 0.1) is 12.1 Å². The first-order valence-electron chi connectivity index (χ1n) is 9.81. The number of amides is 1. The van der Waals surface area contributed by atoms with Crippen LogP contribution in [0.25, 0.3) is 0 Å². The lowest BCUT2D eigenvalue weighted by molar-refractivity contribution is -0.161. The van der Waals surface area contributed by atoms with Crippen LogP contribution in [-0.2, 0) is 16.0 Å². The van der Waals surface area contributed by atoms with Crippen molar-refractivity contribution in [2.24, 2.45) is 0 Å². The third-order valence-electron chi connectivity index (χ3n) is 5.79. The van der Waals surface area contributed by atoms with E-state index in [4.69, 9.17) is 4.74 Å². The number of benzene rings is 1. The molecule has 1 unspecified atom stereocenters. The quantitative estimate of drug-likeness (QED) is 0.836. The number of carbonyl (C=O) groups is 1. The van der Waals surface area contributed by atoms with Crippen LogP contribution in [0.5, 0.6) is 0 Å². The average molecular weight is 365 g/mol. The Kier molecular flexibility index (Phi) is 5.23. The number of carbonyl (C=O) groups excluding carboxylic acids is 1. The number of rotatable bonds is 4. The smallest absolute Gasteiger partial charge is 0.255 e. The summed E-state index contributed by atoms with van der Waals surface area (Å²) in [5.41, 5.74) is 2.07. The Morgan fingerprint density at radius 3 is 2.52 bits per heavy atom. The molecule has 0 bridgehead atoms. The third kappa shape index (κ3) is 4.04. The Balaban J connectivity index is 1.38. The fourth-order valence-corrected chi connectivity index (χ4v) is 4.17. The van der Waals surface area contributed by atoms with E-state index in [0.29, 0.717) is 6.54 Å². The zero-order chi connectivity index (χ0) is 18.7. The second-order valence-corrected chi connectivity index (χ2v) is 7.65. The second-order valence-electron chi connectivity index (χ2n) is 7.65. The van der Waals surface area contributed by atoms with E-state index in [0.717, 1.165) is 44.6 Å². The topological polar surface area (TPSA) is 45.7 Å². The summed E-state index contributed by atoms with van der Waals surface area (Å²) in [5.74, 6) is 0.0620. The molecule has 0 N–H and O–H groups in total. The van der Waals surface area contributed by atoms with Gasteiger partial charge < -0.3 is 14.5 Å². The van der Waals surface area contributed by atoms with Gasteiger partial charge in [0.15, 0.2) is 0 Å². The van der Waals surface area contributed by atoms with Crippen molar-refractivity contribution in [3.63, 3.8) is 0 Å².